The van der Waals surface area contributed by atoms with Crippen molar-refractivity contribution in [2.45, 2.75) is 0 Å². The van der Waals surface area contributed by atoms with Crippen molar-refractivity contribution in [2.75, 3.05) is 0 Å². The Bertz CT molecular complexity index is 433. The molecular formula is C8H6N2O. The summed E-state index contributed by atoms with van der Waals surface area (Å²) >= 11 is 0. The molecule has 2 aromatic heterocycles. The Morgan fingerprint density at radius 1 is 1.27 bits per heavy atom. The minimum absolute atomic E-state index is 0.209. The molecule has 2 heterocycles. The SMILES string of the molecule is O=c1cccc2[nH]ccc2n1. The van der Waals surface area contributed by atoms with Crippen LogP contribution in [0.1, 0.15) is 0 Å². The molecule has 0 radical (unpaired) electrons. The monoisotopic (exact) mass is 146 g/mol. The minimum atomic E-state index is -0.209. The average Bonchev–Trinajstić information content (AvgIpc) is 2.31. The number of rotatable bonds is 0. The largest absolute Gasteiger partial charge is 0.360 e. The zero-order valence-corrected chi connectivity index (χ0v) is 5.74. The van der Waals surface area contributed by atoms with Gasteiger partial charge in [0.25, 0.3) is 5.56 Å². The summed E-state index contributed by atoms with van der Waals surface area (Å²) in [6.45, 7) is 0. The molecule has 0 saturated heterocycles. The highest BCUT2D eigenvalue weighted by molar-refractivity contribution is 5.73. The maximum absolute atomic E-state index is 10.9. The lowest BCUT2D eigenvalue weighted by Crippen LogP contribution is -1.97. The molecule has 0 aliphatic carbocycles. The first-order valence-corrected chi connectivity index (χ1v) is 3.31. The molecule has 2 aromatic rings. The molecule has 0 amide bonds. The fraction of sp³-hybridized carbons (Fsp3) is 0. The quantitative estimate of drug-likeness (QED) is 0.600. The van der Waals surface area contributed by atoms with Crippen molar-refractivity contribution in [1.29, 1.82) is 0 Å². The third kappa shape index (κ3) is 1.00. The van der Waals surface area contributed by atoms with Crippen molar-refractivity contribution >= 4 is 11.0 Å². The molecule has 54 valence electrons. The molecule has 0 spiro atoms. The Kier molecular flexibility index (Phi) is 1.22. The van der Waals surface area contributed by atoms with E-state index in [-0.39, 0.29) is 5.56 Å². The molecule has 0 aliphatic heterocycles. The Balaban J connectivity index is 3.00. The van der Waals surface area contributed by atoms with Gasteiger partial charge in [0.05, 0.1) is 11.0 Å². The first-order valence-electron chi connectivity index (χ1n) is 3.31. The van der Waals surface area contributed by atoms with E-state index in [9.17, 15) is 4.79 Å². The van der Waals surface area contributed by atoms with Gasteiger partial charge in [-0.3, -0.25) is 4.79 Å². The second kappa shape index (κ2) is 2.20. The van der Waals surface area contributed by atoms with Crippen LogP contribution in [-0.4, -0.2) is 9.97 Å². The van der Waals surface area contributed by atoms with Gasteiger partial charge in [-0.25, -0.2) is 4.98 Å². The Morgan fingerprint density at radius 2 is 2.18 bits per heavy atom. The second-order valence-corrected chi connectivity index (χ2v) is 2.25. The molecule has 11 heavy (non-hydrogen) atoms. The summed E-state index contributed by atoms with van der Waals surface area (Å²) in [6, 6.07) is 6.72. The number of H-pyrrole nitrogens is 1. The number of nitrogens with zero attached hydrogens (tertiary/aromatic N) is 1. The van der Waals surface area contributed by atoms with Crippen LogP contribution in [0.3, 0.4) is 0 Å². The molecule has 0 aromatic carbocycles. The number of hydrogen-bond donors (Lipinski definition) is 1. The zero-order valence-electron chi connectivity index (χ0n) is 5.74. The summed E-state index contributed by atoms with van der Waals surface area (Å²) in [5.74, 6) is 0. The van der Waals surface area contributed by atoms with Crippen molar-refractivity contribution in [1.82, 2.24) is 9.97 Å². The van der Waals surface area contributed by atoms with Gasteiger partial charge in [-0.1, -0.05) is 6.07 Å². The number of hydrogen-bond acceptors (Lipinski definition) is 2. The molecule has 0 bridgehead atoms. The molecule has 0 aliphatic rings. The van der Waals surface area contributed by atoms with Crippen LogP contribution >= 0.6 is 0 Å². The highest BCUT2D eigenvalue weighted by Gasteiger charge is 1.90. The van der Waals surface area contributed by atoms with Crippen LogP contribution in [0.15, 0.2) is 35.3 Å². The van der Waals surface area contributed by atoms with Crippen molar-refractivity contribution in [2.24, 2.45) is 0 Å². The van der Waals surface area contributed by atoms with Crippen LogP contribution in [0.5, 0.6) is 0 Å². The predicted molar refractivity (Wildman–Crippen MR) is 42.4 cm³/mol. The van der Waals surface area contributed by atoms with Crippen LogP contribution < -0.4 is 5.56 Å². The van der Waals surface area contributed by atoms with Gasteiger partial charge in [0, 0.05) is 12.3 Å². The predicted octanol–water partition coefficient (Wildman–Crippen LogP) is 0.923. The van der Waals surface area contributed by atoms with Crippen molar-refractivity contribution in [3.8, 4) is 0 Å². The fourth-order valence-electron chi connectivity index (χ4n) is 0.988. The number of nitrogens with one attached hydrogen (secondary N) is 1. The Hall–Kier alpha value is -1.64. The smallest absolute Gasteiger partial charge is 0.270 e. The lowest BCUT2D eigenvalue weighted by molar-refractivity contribution is 1.33. The summed E-state index contributed by atoms with van der Waals surface area (Å²) in [5, 5.41) is 0. The average molecular weight is 146 g/mol. The number of fused-ring (bicyclic) bond motifs is 1. The first-order chi connectivity index (χ1) is 5.36. The Labute approximate surface area is 62.7 Å². The van der Waals surface area contributed by atoms with Crippen LogP contribution in [0.4, 0.5) is 0 Å². The Morgan fingerprint density at radius 3 is 3.09 bits per heavy atom. The van der Waals surface area contributed by atoms with Crippen LogP contribution in [0.25, 0.3) is 11.0 Å². The molecule has 0 saturated carbocycles. The lowest BCUT2D eigenvalue weighted by atomic mass is 10.4. The van der Waals surface area contributed by atoms with Gasteiger partial charge in [-0.15, -0.1) is 0 Å². The third-order valence-electron chi connectivity index (χ3n) is 1.49. The lowest BCUT2D eigenvalue weighted by Gasteiger charge is -1.73. The van der Waals surface area contributed by atoms with Crippen molar-refractivity contribution < 1.29 is 0 Å². The fourth-order valence-corrected chi connectivity index (χ4v) is 0.988. The number of aromatic nitrogens is 2. The van der Waals surface area contributed by atoms with E-state index in [1.807, 2.05) is 6.07 Å². The summed E-state index contributed by atoms with van der Waals surface area (Å²) < 4.78 is 0. The van der Waals surface area contributed by atoms with Gasteiger partial charge in [0.2, 0.25) is 0 Å². The highest BCUT2D eigenvalue weighted by atomic mass is 16.1. The van der Waals surface area contributed by atoms with E-state index in [4.69, 9.17) is 0 Å². The van der Waals surface area contributed by atoms with Gasteiger partial charge >= 0.3 is 0 Å². The van der Waals surface area contributed by atoms with E-state index < -0.39 is 0 Å². The van der Waals surface area contributed by atoms with Crippen LogP contribution in [0, 0.1) is 0 Å². The number of aromatic amines is 1. The zero-order chi connectivity index (χ0) is 7.68. The molecule has 0 unspecified atom stereocenters. The van der Waals surface area contributed by atoms with E-state index in [2.05, 4.69) is 9.97 Å². The van der Waals surface area contributed by atoms with Gasteiger partial charge in [-0.05, 0) is 12.1 Å². The maximum atomic E-state index is 10.9. The van der Waals surface area contributed by atoms with Crippen LogP contribution in [0.2, 0.25) is 0 Å². The topological polar surface area (TPSA) is 45.8 Å². The van der Waals surface area contributed by atoms with E-state index >= 15 is 0 Å². The van der Waals surface area contributed by atoms with E-state index in [0.29, 0.717) is 5.52 Å². The van der Waals surface area contributed by atoms with Gasteiger partial charge < -0.3 is 4.98 Å². The van der Waals surface area contributed by atoms with Crippen molar-refractivity contribution in [3.05, 3.63) is 40.8 Å². The summed E-state index contributed by atoms with van der Waals surface area (Å²) in [4.78, 5) is 17.6. The van der Waals surface area contributed by atoms with E-state index in [1.54, 1.807) is 18.3 Å². The highest BCUT2D eigenvalue weighted by Crippen LogP contribution is 2.03. The maximum Gasteiger partial charge on any atom is 0.270 e. The van der Waals surface area contributed by atoms with Gasteiger partial charge in [0.1, 0.15) is 0 Å². The minimum Gasteiger partial charge on any atom is -0.360 e. The van der Waals surface area contributed by atoms with Crippen LogP contribution in [-0.2, 0) is 0 Å². The van der Waals surface area contributed by atoms with E-state index in [0.717, 1.165) is 5.52 Å². The molecule has 1 N–H and O–H groups in total. The molecular weight excluding hydrogens is 140 g/mol. The normalized spacial score (nSPS) is 10.2. The molecule has 3 heteroatoms. The summed E-state index contributed by atoms with van der Waals surface area (Å²) in [6.07, 6.45) is 1.76. The van der Waals surface area contributed by atoms with Crippen molar-refractivity contribution in [3.63, 3.8) is 0 Å². The second-order valence-electron chi connectivity index (χ2n) is 2.25. The first kappa shape index (κ1) is 6.09. The third-order valence-corrected chi connectivity index (χ3v) is 1.49. The van der Waals surface area contributed by atoms with E-state index in [1.165, 1.54) is 6.07 Å². The van der Waals surface area contributed by atoms with Gasteiger partial charge in [0.15, 0.2) is 0 Å². The van der Waals surface area contributed by atoms with Gasteiger partial charge in [-0.2, -0.15) is 0 Å². The molecule has 3 nitrogen and oxygen atoms in total. The molecule has 0 atom stereocenters. The summed E-state index contributed by atoms with van der Waals surface area (Å²) in [5.41, 5.74) is 1.38. The summed E-state index contributed by atoms with van der Waals surface area (Å²) in [7, 11) is 0. The molecule has 0 fully saturated rings. The standard InChI is InChI=1S/C8H6N2O/c11-8-3-1-2-6-7(10-8)4-5-9-6/h1-5,9H. The molecule has 2 rings (SSSR count).